The lowest BCUT2D eigenvalue weighted by molar-refractivity contribution is 0.0723. The highest BCUT2D eigenvalue weighted by Crippen LogP contribution is 2.25. The Hall–Kier alpha value is -1.92. The van der Waals surface area contributed by atoms with Crippen molar-refractivity contribution in [2.45, 2.75) is 17.7 Å². The van der Waals surface area contributed by atoms with Gasteiger partial charge in [0.2, 0.25) is 0 Å². The van der Waals surface area contributed by atoms with Gasteiger partial charge >= 0.3 is 0 Å². The molecule has 4 nitrogen and oxygen atoms in total. The van der Waals surface area contributed by atoms with Crippen LogP contribution in [0.1, 0.15) is 12.8 Å². The maximum Gasteiger partial charge on any atom is 0.178 e. The molecule has 0 bridgehead atoms. The molecule has 6 heteroatoms. The lowest BCUT2D eigenvalue weighted by Crippen LogP contribution is -2.23. The van der Waals surface area contributed by atoms with E-state index < -0.39 is 9.84 Å². The van der Waals surface area contributed by atoms with Crippen LogP contribution in [0.15, 0.2) is 53.4 Å². The van der Waals surface area contributed by atoms with E-state index in [0.717, 1.165) is 12.8 Å². The van der Waals surface area contributed by atoms with Crippen LogP contribution >= 0.6 is 0 Å². The number of ether oxygens (including phenoxy) is 2. The minimum atomic E-state index is -3.32. The molecule has 24 heavy (non-hydrogen) atoms. The summed E-state index contributed by atoms with van der Waals surface area (Å²) in [5.74, 6) is 0.964. The van der Waals surface area contributed by atoms with Gasteiger partial charge < -0.3 is 9.47 Å². The van der Waals surface area contributed by atoms with Gasteiger partial charge in [-0.2, -0.15) is 0 Å². The fraction of sp³-hybridized carbons (Fsp3) is 0.333. The highest BCUT2D eigenvalue weighted by Gasteiger charge is 2.23. The molecule has 1 aliphatic rings. The maximum absolute atomic E-state index is 12.9. The average molecular weight is 350 g/mol. The first-order valence-corrected chi connectivity index (χ1v) is 9.52. The first kappa shape index (κ1) is 16.9. The van der Waals surface area contributed by atoms with E-state index in [4.69, 9.17) is 9.47 Å². The fourth-order valence-electron chi connectivity index (χ4n) is 2.67. The van der Waals surface area contributed by atoms with Crippen molar-refractivity contribution in [2.24, 2.45) is 5.92 Å². The van der Waals surface area contributed by atoms with Crippen molar-refractivity contribution in [3.63, 3.8) is 0 Å². The van der Waals surface area contributed by atoms with Crippen molar-refractivity contribution in [1.82, 2.24) is 0 Å². The number of hydrogen-bond donors (Lipinski definition) is 0. The van der Waals surface area contributed by atoms with E-state index in [1.807, 2.05) is 0 Å². The van der Waals surface area contributed by atoms with E-state index in [9.17, 15) is 12.8 Å². The monoisotopic (exact) mass is 350 g/mol. The largest absolute Gasteiger partial charge is 0.457 e. The van der Waals surface area contributed by atoms with E-state index in [1.54, 1.807) is 24.3 Å². The lowest BCUT2D eigenvalue weighted by atomic mass is 10.0. The Morgan fingerprint density at radius 3 is 2.08 bits per heavy atom. The summed E-state index contributed by atoms with van der Waals surface area (Å²) in [5.41, 5.74) is 0. The van der Waals surface area contributed by atoms with Gasteiger partial charge in [0.1, 0.15) is 17.3 Å². The quantitative estimate of drug-likeness (QED) is 0.823. The van der Waals surface area contributed by atoms with Gasteiger partial charge in [0.25, 0.3) is 0 Å². The van der Waals surface area contributed by atoms with Gasteiger partial charge in [-0.3, -0.25) is 0 Å². The molecule has 2 aromatic rings. The highest BCUT2D eigenvalue weighted by atomic mass is 32.2. The summed E-state index contributed by atoms with van der Waals surface area (Å²) in [5, 5.41) is 0. The molecule has 3 rings (SSSR count). The first-order chi connectivity index (χ1) is 11.5. The van der Waals surface area contributed by atoms with Crippen LogP contribution in [-0.4, -0.2) is 27.4 Å². The molecule has 128 valence electrons. The molecule has 0 unspecified atom stereocenters. The summed E-state index contributed by atoms with van der Waals surface area (Å²) in [6.07, 6.45) is 1.57. The summed E-state index contributed by atoms with van der Waals surface area (Å²) in [6.45, 7) is 1.26. The van der Waals surface area contributed by atoms with Crippen molar-refractivity contribution < 1.29 is 22.3 Å². The van der Waals surface area contributed by atoms with Gasteiger partial charge in [-0.25, -0.2) is 12.8 Å². The number of sulfone groups is 1. The SMILES string of the molecule is O=S(=O)(CC1CCOCC1)c1ccc(Oc2ccc(F)cc2)cc1. The Bertz CT molecular complexity index is 764. The molecule has 0 radical (unpaired) electrons. The predicted molar refractivity (Wildman–Crippen MR) is 88.5 cm³/mol. The molecule has 0 aromatic heterocycles. The van der Waals surface area contributed by atoms with E-state index in [0.29, 0.717) is 29.6 Å². The Balaban J connectivity index is 1.67. The number of halogens is 1. The van der Waals surface area contributed by atoms with Crippen LogP contribution in [0.3, 0.4) is 0 Å². The van der Waals surface area contributed by atoms with Crippen molar-refractivity contribution >= 4 is 9.84 Å². The van der Waals surface area contributed by atoms with Crippen molar-refractivity contribution in [3.05, 3.63) is 54.3 Å². The van der Waals surface area contributed by atoms with E-state index in [1.165, 1.54) is 24.3 Å². The van der Waals surface area contributed by atoms with E-state index in [-0.39, 0.29) is 17.5 Å². The van der Waals surface area contributed by atoms with Gasteiger partial charge in [-0.1, -0.05) is 0 Å². The van der Waals surface area contributed by atoms with Gasteiger partial charge in [0, 0.05) is 13.2 Å². The van der Waals surface area contributed by atoms with Crippen LogP contribution in [-0.2, 0) is 14.6 Å². The standard InChI is InChI=1S/C18H19FO4S/c19-15-1-3-16(4-2-15)23-17-5-7-18(8-6-17)24(20,21)13-14-9-11-22-12-10-14/h1-8,14H,9-13H2. The third-order valence-electron chi connectivity index (χ3n) is 4.03. The van der Waals surface area contributed by atoms with Crippen LogP contribution < -0.4 is 4.74 Å². The van der Waals surface area contributed by atoms with Gasteiger partial charge in [-0.05, 0) is 67.3 Å². The van der Waals surface area contributed by atoms with Crippen LogP contribution in [0.25, 0.3) is 0 Å². The molecule has 0 N–H and O–H groups in total. The van der Waals surface area contributed by atoms with Crippen LogP contribution in [0.4, 0.5) is 4.39 Å². The molecule has 1 saturated heterocycles. The molecular formula is C18H19FO4S. The summed E-state index contributed by atoms with van der Waals surface area (Å²) in [6, 6.07) is 12.0. The minimum Gasteiger partial charge on any atom is -0.457 e. The maximum atomic E-state index is 12.9. The molecule has 0 atom stereocenters. The number of benzene rings is 2. The number of rotatable bonds is 5. The summed E-state index contributed by atoms with van der Waals surface area (Å²) in [7, 11) is -3.32. The molecule has 1 heterocycles. The minimum absolute atomic E-state index is 0.147. The fourth-order valence-corrected chi connectivity index (χ4v) is 4.37. The predicted octanol–water partition coefficient (Wildman–Crippen LogP) is 3.82. The number of hydrogen-bond acceptors (Lipinski definition) is 4. The first-order valence-electron chi connectivity index (χ1n) is 7.87. The second kappa shape index (κ2) is 7.32. The lowest BCUT2D eigenvalue weighted by Gasteiger charge is -2.21. The molecule has 0 spiro atoms. The smallest absolute Gasteiger partial charge is 0.178 e. The molecule has 1 aliphatic heterocycles. The molecule has 1 fully saturated rings. The van der Waals surface area contributed by atoms with Crippen molar-refractivity contribution in [1.29, 1.82) is 0 Å². The second-order valence-electron chi connectivity index (χ2n) is 5.86. The second-order valence-corrected chi connectivity index (χ2v) is 7.90. The highest BCUT2D eigenvalue weighted by molar-refractivity contribution is 7.91. The van der Waals surface area contributed by atoms with Crippen LogP contribution in [0, 0.1) is 11.7 Å². The normalized spacial score (nSPS) is 16.0. The Labute approximate surface area is 141 Å². The molecule has 0 aliphatic carbocycles. The molecular weight excluding hydrogens is 331 g/mol. The zero-order valence-electron chi connectivity index (χ0n) is 13.2. The molecule has 0 saturated carbocycles. The van der Waals surface area contributed by atoms with Gasteiger partial charge in [0.05, 0.1) is 10.6 Å². The van der Waals surface area contributed by atoms with Crippen molar-refractivity contribution in [2.75, 3.05) is 19.0 Å². The summed E-state index contributed by atoms with van der Waals surface area (Å²) >= 11 is 0. The topological polar surface area (TPSA) is 52.6 Å². The van der Waals surface area contributed by atoms with Crippen LogP contribution in [0.5, 0.6) is 11.5 Å². The Kier molecular flexibility index (Phi) is 5.16. The van der Waals surface area contributed by atoms with Crippen molar-refractivity contribution in [3.8, 4) is 11.5 Å². The third-order valence-corrected chi connectivity index (χ3v) is 5.93. The van der Waals surface area contributed by atoms with Crippen LogP contribution in [0.2, 0.25) is 0 Å². The van der Waals surface area contributed by atoms with E-state index in [2.05, 4.69) is 0 Å². The summed E-state index contributed by atoms with van der Waals surface area (Å²) < 4.78 is 48.7. The Morgan fingerprint density at radius 2 is 1.50 bits per heavy atom. The zero-order chi connectivity index (χ0) is 17.0. The van der Waals surface area contributed by atoms with Gasteiger partial charge in [-0.15, -0.1) is 0 Å². The molecule has 0 amide bonds. The van der Waals surface area contributed by atoms with E-state index >= 15 is 0 Å². The zero-order valence-corrected chi connectivity index (χ0v) is 14.0. The van der Waals surface area contributed by atoms with Gasteiger partial charge in [0.15, 0.2) is 9.84 Å². The third kappa shape index (κ3) is 4.33. The molecule has 2 aromatic carbocycles. The average Bonchev–Trinajstić information content (AvgIpc) is 2.58. The summed E-state index contributed by atoms with van der Waals surface area (Å²) in [4.78, 5) is 0.292. The Morgan fingerprint density at radius 1 is 0.958 bits per heavy atom.